The maximum atomic E-state index is 13.3. The number of nitrogens with one attached hydrogen (secondary N) is 2. The van der Waals surface area contributed by atoms with Crippen LogP contribution in [0.3, 0.4) is 0 Å². The highest BCUT2D eigenvalue weighted by Gasteiger charge is 2.42. The summed E-state index contributed by atoms with van der Waals surface area (Å²) in [5, 5.41) is 6.15. The highest BCUT2D eigenvalue weighted by Crippen LogP contribution is 2.38. The van der Waals surface area contributed by atoms with Crippen molar-refractivity contribution in [3.05, 3.63) is 24.0 Å². The van der Waals surface area contributed by atoms with Crippen LogP contribution in [0.1, 0.15) is 19.3 Å². The molecular formula is C15H19FN2O2. The van der Waals surface area contributed by atoms with Crippen LogP contribution in [0, 0.1) is 17.7 Å². The first-order chi connectivity index (χ1) is 9.69. The topological polar surface area (TPSA) is 50.4 Å². The maximum absolute atomic E-state index is 13.3. The van der Waals surface area contributed by atoms with Crippen LogP contribution in [0.2, 0.25) is 0 Å². The fourth-order valence-corrected chi connectivity index (χ4v) is 3.43. The molecular weight excluding hydrogens is 259 g/mol. The van der Waals surface area contributed by atoms with E-state index in [9.17, 15) is 9.18 Å². The molecule has 1 heterocycles. The van der Waals surface area contributed by atoms with Crippen molar-refractivity contribution in [2.24, 2.45) is 11.8 Å². The molecule has 2 fully saturated rings. The van der Waals surface area contributed by atoms with Gasteiger partial charge in [-0.1, -0.05) is 6.42 Å². The van der Waals surface area contributed by atoms with Crippen molar-refractivity contribution in [3.8, 4) is 5.75 Å². The van der Waals surface area contributed by atoms with Gasteiger partial charge in [0.2, 0.25) is 5.91 Å². The summed E-state index contributed by atoms with van der Waals surface area (Å²) in [6.45, 7) is 0.926. The van der Waals surface area contributed by atoms with E-state index in [4.69, 9.17) is 4.74 Å². The van der Waals surface area contributed by atoms with Gasteiger partial charge in [0.25, 0.3) is 0 Å². The molecule has 1 aromatic rings. The molecule has 5 heteroatoms. The summed E-state index contributed by atoms with van der Waals surface area (Å²) in [5.41, 5.74) is 0.566. The number of carbonyl (C=O) groups is 1. The molecule has 108 valence electrons. The van der Waals surface area contributed by atoms with Gasteiger partial charge < -0.3 is 15.4 Å². The van der Waals surface area contributed by atoms with Crippen molar-refractivity contribution in [2.75, 3.05) is 19.0 Å². The van der Waals surface area contributed by atoms with Crippen LogP contribution >= 0.6 is 0 Å². The normalized spacial score (nSPS) is 28.2. The van der Waals surface area contributed by atoms with Gasteiger partial charge in [-0.15, -0.1) is 0 Å². The number of hydrogen-bond acceptors (Lipinski definition) is 3. The molecule has 0 spiro atoms. The first kappa shape index (κ1) is 13.4. The average molecular weight is 278 g/mol. The van der Waals surface area contributed by atoms with Gasteiger partial charge in [-0.05, 0) is 43.4 Å². The fourth-order valence-electron chi connectivity index (χ4n) is 3.43. The molecule has 0 radical (unpaired) electrons. The summed E-state index contributed by atoms with van der Waals surface area (Å²) >= 11 is 0. The van der Waals surface area contributed by atoms with E-state index in [1.165, 1.54) is 32.1 Å². The fraction of sp³-hybridized carbons (Fsp3) is 0.533. The molecule has 1 saturated heterocycles. The molecule has 4 nitrogen and oxygen atoms in total. The number of methoxy groups -OCH3 is 1. The largest absolute Gasteiger partial charge is 0.494 e. The van der Waals surface area contributed by atoms with E-state index in [1.807, 2.05) is 0 Å². The van der Waals surface area contributed by atoms with Gasteiger partial charge in [-0.3, -0.25) is 4.79 Å². The predicted molar refractivity (Wildman–Crippen MR) is 74.2 cm³/mol. The molecule has 3 rings (SSSR count). The Hall–Kier alpha value is -1.62. The Kier molecular flexibility index (Phi) is 3.61. The highest BCUT2D eigenvalue weighted by molar-refractivity contribution is 5.95. The smallest absolute Gasteiger partial charge is 0.241 e. The quantitative estimate of drug-likeness (QED) is 0.891. The standard InChI is InChI=1S/C15H19FN2O2/c1-20-13-7-10(5-6-12(13)16)18-15(19)14-11-4-2-3-9(11)8-17-14/h5-7,9,11,14,17H,2-4,8H2,1H3,(H,18,19). The lowest BCUT2D eigenvalue weighted by Gasteiger charge is -2.18. The molecule has 0 aromatic heterocycles. The van der Waals surface area contributed by atoms with E-state index in [-0.39, 0.29) is 17.7 Å². The zero-order chi connectivity index (χ0) is 14.1. The number of fused-ring (bicyclic) bond motifs is 1. The molecule has 1 saturated carbocycles. The van der Waals surface area contributed by atoms with Crippen LogP contribution < -0.4 is 15.4 Å². The van der Waals surface area contributed by atoms with Gasteiger partial charge in [-0.25, -0.2) is 4.39 Å². The number of carbonyl (C=O) groups excluding carboxylic acids is 1. The van der Waals surface area contributed by atoms with Crippen molar-refractivity contribution in [1.82, 2.24) is 5.32 Å². The molecule has 20 heavy (non-hydrogen) atoms. The third-order valence-electron chi connectivity index (χ3n) is 4.45. The summed E-state index contributed by atoms with van der Waals surface area (Å²) in [5.74, 6) is 0.750. The summed E-state index contributed by atoms with van der Waals surface area (Å²) in [6, 6.07) is 4.23. The number of hydrogen-bond donors (Lipinski definition) is 2. The first-order valence-corrected chi connectivity index (χ1v) is 7.07. The zero-order valence-corrected chi connectivity index (χ0v) is 11.5. The number of ether oxygens (including phenoxy) is 1. The first-order valence-electron chi connectivity index (χ1n) is 7.07. The number of halogens is 1. The van der Waals surface area contributed by atoms with Gasteiger partial charge in [0, 0.05) is 11.8 Å². The van der Waals surface area contributed by atoms with Crippen LogP contribution in [-0.2, 0) is 4.79 Å². The lowest BCUT2D eigenvalue weighted by atomic mass is 9.93. The highest BCUT2D eigenvalue weighted by atomic mass is 19.1. The number of amides is 1. The lowest BCUT2D eigenvalue weighted by molar-refractivity contribution is -0.118. The maximum Gasteiger partial charge on any atom is 0.241 e. The van der Waals surface area contributed by atoms with E-state index in [0.29, 0.717) is 17.5 Å². The van der Waals surface area contributed by atoms with E-state index >= 15 is 0 Å². The molecule has 1 amide bonds. The van der Waals surface area contributed by atoms with Crippen molar-refractivity contribution in [2.45, 2.75) is 25.3 Å². The van der Waals surface area contributed by atoms with E-state index in [2.05, 4.69) is 10.6 Å². The second kappa shape index (κ2) is 5.40. The summed E-state index contributed by atoms with van der Waals surface area (Å²) in [7, 11) is 1.41. The second-order valence-electron chi connectivity index (χ2n) is 5.58. The Morgan fingerprint density at radius 3 is 3.10 bits per heavy atom. The molecule has 2 N–H and O–H groups in total. The third kappa shape index (κ3) is 2.38. The van der Waals surface area contributed by atoms with Gasteiger partial charge in [0.1, 0.15) is 0 Å². The van der Waals surface area contributed by atoms with E-state index in [0.717, 1.165) is 13.0 Å². The number of rotatable bonds is 3. The van der Waals surface area contributed by atoms with Crippen molar-refractivity contribution in [3.63, 3.8) is 0 Å². The lowest BCUT2D eigenvalue weighted by Crippen LogP contribution is -2.39. The third-order valence-corrected chi connectivity index (χ3v) is 4.45. The molecule has 2 aliphatic rings. The van der Waals surface area contributed by atoms with Crippen LogP contribution in [0.25, 0.3) is 0 Å². The molecule has 1 aliphatic heterocycles. The van der Waals surface area contributed by atoms with Crippen molar-refractivity contribution in [1.29, 1.82) is 0 Å². The Morgan fingerprint density at radius 1 is 1.45 bits per heavy atom. The summed E-state index contributed by atoms with van der Waals surface area (Å²) < 4.78 is 18.3. The van der Waals surface area contributed by atoms with Gasteiger partial charge in [0.05, 0.1) is 13.2 Å². The van der Waals surface area contributed by atoms with Crippen molar-refractivity contribution < 1.29 is 13.9 Å². The average Bonchev–Trinajstić information content (AvgIpc) is 3.03. The Labute approximate surface area is 117 Å². The van der Waals surface area contributed by atoms with Gasteiger partial charge >= 0.3 is 0 Å². The minimum Gasteiger partial charge on any atom is -0.494 e. The molecule has 3 atom stereocenters. The zero-order valence-electron chi connectivity index (χ0n) is 11.5. The summed E-state index contributed by atoms with van der Waals surface area (Å²) in [6.07, 6.45) is 3.54. The molecule has 3 unspecified atom stereocenters. The SMILES string of the molecule is COc1cc(NC(=O)C2NCC3CCCC32)ccc1F. The van der Waals surface area contributed by atoms with Crippen molar-refractivity contribution >= 4 is 11.6 Å². The van der Waals surface area contributed by atoms with Crippen LogP contribution in [0.4, 0.5) is 10.1 Å². The van der Waals surface area contributed by atoms with E-state index in [1.54, 1.807) is 6.07 Å². The minimum atomic E-state index is -0.430. The Balaban J connectivity index is 1.70. The Morgan fingerprint density at radius 2 is 2.30 bits per heavy atom. The monoisotopic (exact) mass is 278 g/mol. The van der Waals surface area contributed by atoms with Crippen LogP contribution in [-0.4, -0.2) is 25.6 Å². The van der Waals surface area contributed by atoms with Crippen LogP contribution in [0.5, 0.6) is 5.75 Å². The van der Waals surface area contributed by atoms with Gasteiger partial charge in [0.15, 0.2) is 11.6 Å². The second-order valence-corrected chi connectivity index (χ2v) is 5.58. The van der Waals surface area contributed by atoms with Crippen LogP contribution in [0.15, 0.2) is 18.2 Å². The Bertz CT molecular complexity index is 521. The van der Waals surface area contributed by atoms with Gasteiger partial charge in [-0.2, -0.15) is 0 Å². The molecule has 1 aliphatic carbocycles. The minimum absolute atomic E-state index is 0.0342. The predicted octanol–water partition coefficient (Wildman–Crippen LogP) is 2.16. The number of benzene rings is 1. The molecule has 1 aromatic carbocycles. The molecule has 0 bridgehead atoms. The number of anilines is 1. The van der Waals surface area contributed by atoms with E-state index < -0.39 is 5.82 Å². The summed E-state index contributed by atoms with van der Waals surface area (Å²) in [4.78, 5) is 12.3.